The molecule has 1 saturated heterocycles. The molecular formula is C19H22ClN5O2. The molecule has 1 aliphatic rings. The van der Waals surface area contributed by atoms with Crippen molar-refractivity contribution in [1.29, 1.82) is 0 Å². The van der Waals surface area contributed by atoms with Gasteiger partial charge in [0.15, 0.2) is 0 Å². The van der Waals surface area contributed by atoms with Crippen LogP contribution in [0.25, 0.3) is 11.4 Å². The number of halogens is 1. The quantitative estimate of drug-likeness (QED) is 0.724. The van der Waals surface area contributed by atoms with Gasteiger partial charge in [-0.25, -0.2) is 4.98 Å². The average molecular weight is 388 g/mol. The van der Waals surface area contributed by atoms with Crippen LogP contribution >= 0.6 is 11.6 Å². The summed E-state index contributed by atoms with van der Waals surface area (Å²) in [5.74, 6) is 2.12. The molecule has 0 unspecified atom stereocenters. The first-order valence-electron chi connectivity index (χ1n) is 9.06. The van der Waals surface area contributed by atoms with Gasteiger partial charge in [0.1, 0.15) is 11.9 Å². The summed E-state index contributed by atoms with van der Waals surface area (Å²) in [6.45, 7) is 2.38. The van der Waals surface area contributed by atoms with Gasteiger partial charge in [0.2, 0.25) is 11.7 Å². The second kappa shape index (κ2) is 7.80. The molecule has 3 aromatic rings. The topological polar surface area (TPSA) is 80.2 Å². The van der Waals surface area contributed by atoms with Gasteiger partial charge in [-0.1, -0.05) is 16.8 Å². The Hall–Kier alpha value is -2.22. The van der Waals surface area contributed by atoms with Crippen molar-refractivity contribution in [3.63, 3.8) is 0 Å². The smallest absolute Gasteiger partial charge is 0.241 e. The van der Waals surface area contributed by atoms with Crippen molar-refractivity contribution in [3.05, 3.63) is 53.4 Å². The first kappa shape index (κ1) is 18.2. The molecule has 0 amide bonds. The summed E-state index contributed by atoms with van der Waals surface area (Å²) in [6, 6.07) is 7.37. The van der Waals surface area contributed by atoms with E-state index >= 15 is 0 Å². The molecule has 3 heterocycles. The molecular weight excluding hydrogens is 366 g/mol. The normalized spacial score (nSPS) is 17.3. The molecule has 1 aromatic carbocycles. The van der Waals surface area contributed by atoms with Crippen molar-refractivity contribution in [2.24, 2.45) is 13.0 Å². The number of likely N-dealkylation sites (tertiary alicyclic amines) is 1. The van der Waals surface area contributed by atoms with Crippen LogP contribution in [0.5, 0.6) is 0 Å². The summed E-state index contributed by atoms with van der Waals surface area (Å²) in [5.41, 5.74) is 0.881. The van der Waals surface area contributed by atoms with Crippen LogP contribution in [0.15, 0.2) is 41.2 Å². The Balaban J connectivity index is 1.33. The van der Waals surface area contributed by atoms with Crippen molar-refractivity contribution >= 4 is 11.6 Å². The monoisotopic (exact) mass is 387 g/mol. The fourth-order valence-corrected chi connectivity index (χ4v) is 3.65. The highest BCUT2D eigenvalue weighted by molar-refractivity contribution is 6.30. The van der Waals surface area contributed by atoms with Crippen molar-refractivity contribution < 1.29 is 9.63 Å². The third-order valence-corrected chi connectivity index (χ3v) is 5.38. The number of hydrogen-bond donors (Lipinski definition) is 1. The number of hydrogen-bond acceptors (Lipinski definition) is 6. The highest BCUT2D eigenvalue weighted by Gasteiger charge is 2.29. The summed E-state index contributed by atoms with van der Waals surface area (Å²) in [7, 11) is 1.91. The van der Waals surface area contributed by atoms with E-state index < -0.39 is 6.10 Å². The highest BCUT2D eigenvalue weighted by Crippen LogP contribution is 2.30. The molecule has 4 rings (SSSR count). The van der Waals surface area contributed by atoms with Gasteiger partial charge >= 0.3 is 0 Å². The van der Waals surface area contributed by atoms with E-state index in [1.807, 2.05) is 42.1 Å². The maximum Gasteiger partial charge on any atom is 0.241 e. The number of aliphatic hydroxyl groups is 1. The first-order valence-corrected chi connectivity index (χ1v) is 9.44. The van der Waals surface area contributed by atoms with Crippen molar-refractivity contribution in [2.75, 3.05) is 13.1 Å². The Morgan fingerprint density at radius 1 is 1.26 bits per heavy atom. The van der Waals surface area contributed by atoms with E-state index in [0.717, 1.165) is 37.3 Å². The van der Waals surface area contributed by atoms with E-state index in [1.54, 1.807) is 6.20 Å². The van der Waals surface area contributed by atoms with Crippen LogP contribution in [0, 0.1) is 5.92 Å². The number of aromatic nitrogens is 4. The summed E-state index contributed by atoms with van der Waals surface area (Å²) in [5, 5.41) is 15.3. The lowest BCUT2D eigenvalue weighted by molar-refractivity contribution is 0.0466. The average Bonchev–Trinajstić information content (AvgIpc) is 3.31. The fourth-order valence-electron chi connectivity index (χ4n) is 3.53. The number of nitrogens with zero attached hydrogens (tertiary/aromatic N) is 5. The molecule has 142 valence electrons. The summed E-state index contributed by atoms with van der Waals surface area (Å²) in [4.78, 5) is 11.0. The SMILES string of the molecule is Cn1ccnc1[C@@H](O)C1CCN(Cc2nc(-c3ccc(Cl)cc3)no2)CC1. The number of aryl methyl sites for hydroxylation is 1. The van der Waals surface area contributed by atoms with E-state index in [1.165, 1.54) is 0 Å². The molecule has 0 aliphatic carbocycles. The summed E-state index contributed by atoms with van der Waals surface area (Å²) in [6.07, 6.45) is 4.88. The number of imidazole rings is 1. The number of rotatable bonds is 5. The highest BCUT2D eigenvalue weighted by atomic mass is 35.5. The van der Waals surface area contributed by atoms with Gasteiger partial charge in [-0.2, -0.15) is 4.98 Å². The summed E-state index contributed by atoms with van der Waals surface area (Å²) >= 11 is 5.91. The molecule has 27 heavy (non-hydrogen) atoms. The standard InChI is InChI=1S/C19H22ClN5O2/c1-24-11-8-21-19(24)17(26)13-6-9-25(10-7-13)12-16-22-18(23-27-16)14-2-4-15(20)5-3-14/h2-5,8,11,13,17,26H,6-7,9-10,12H2,1H3/t17-/m0/s1. The summed E-state index contributed by atoms with van der Waals surface area (Å²) < 4.78 is 7.29. The maximum absolute atomic E-state index is 10.6. The van der Waals surface area contributed by atoms with Gasteiger partial charge in [-0.05, 0) is 56.1 Å². The molecule has 8 heteroatoms. The van der Waals surface area contributed by atoms with Gasteiger partial charge in [-0.15, -0.1) is 0 Å². The lowest BCUT2D eigenvalue weighted by Crippen LogP contribution is -2.35. The molecule has 0 saturated carbocycles. The van der Waals surface area contributed by atoms with Gasteiger partial charge in [-0.3, -0.25) is 4.90 Å². The number of benzene rings is 1. The minimum atomic E-state index is -0.521. The van der Waals surface area contributed by atoms with Crippen LogP contribution in [0.2, 0.25) is 5.02 Å². The zero-order valence-corrected chi connectivity index (χ0v) is 15.9. The fraction of sp³-hybridized carbons (Fsp3) is 0.421. The van der Waals surface area contributed by atoms with E-state index in [9.17, 15) is 5.11 Å². The van der Waals surface area contributed by atoms with Gasteiger partial charge < -0.3 is 14.2 Å². The van der Waals surface area contributed by atoms with Crippen LogP contribution in [-0.4, -0.2) is 42.8 Å². The molecule has 7 nitrogen and oxygen atoms in total. The predicted molar refractivity (Wildman–Crippen MR) is 101 cm³/mol. The van der Waals surface area contributed by atoms with Crippen molar-refractivity contribution in [3.8, 4) is 11.4 Å². The minimum absolute atomic E-state index is 0.217. The molecule has 1 aliphatic heterocycles. The third-order valence-electron chi connectivity index (χ3n) is 5.13. The van der Waals surface area contributed by atoms with Crippen LogP contribution in [0.4, 0.5) is 0 Å². The number of piperidine rings is 1. The van der Waals surface area contributed by atoms with E-state index in [0.29, 0.717) is 23.3 Å². The molecule has 0 bridgehead atoms. The van der Waals surface area contributed by atoms with Crippen molar-refractivity contribution in [2.45, 2.75) is 25.5 Å². The Bertz CT molecular complexity index is 884. The zero-order chi connectivity index (χ0) is 18.8. The lowest BCUT2D eigenvalue weighted by atomic mass is 9.91. The second-order valence-corrected chi connectivity index (χ2v) is 7.41. The van der Waals surface area contributed by atoms with Crippen LogP contribution in [-0.2, 0) is 13.6 Å². The molecule has 2 aromatic heterocycles. The van der Waals surface area contributed by atoms with Crippen LogP contribution in [0.3, 0.4) is 0 Å². The Morgan fingerprint density at radius 2 is 2.00 bits per heavy atom. The molecule has 1 fully saturated rings. The van der Waals surface area contributed by atoms with Gasteiger partial charge in [0, 0.05) is 30.0 Å². The largest absolute Gasteiger partial charge is 0.385 e. The van der Waals surface area contributed by atoms with Gasteiger partial charge in [0.05, 0.1) is 6.54 Å². The Labute approximate surface area is 162 Å². The second-order valence-electron chi connectivity index (χ2n) is 6.97. The van der Waals surface area contributed by atoms with Crippen LogP contribution < -0.4 is 0 Å². The third kappa shape index (κ3) is 4.05. The Kier molecular flexibility index (Phi) is 5.24. The lowest BCUT2D eigenvalue weighted by Gasteiger charge is -2.33. The van der Waals surface area contributed by atoms with Crippen molar-refractivity contribution in [1.82, 2.24) is 24.6 Å². The zero-order valence-electron chi connectivity index (χ0n) is 15.1. The molecule has 1 N–H and O–H groups in total. The minimum Gasteiger partial charge on any atom is -0.385 e. The molecule has 0 radical (unpaired) electrons. The number of aliphatic hydroxyl groups excluding tert-OH is 1. The van der Waals surface area contributed by atoms with E-state index in [-0.39, 0.29) is 5.92 Å². The predicted octanol–water partition coefficient (Wildman–Crippen LogP) is 3.07. The van der Waals surface area contributed by atoms with E-state index in [4.69, 9.17) is 16.1 Å². The molecule has 0 spiro atoms. The van der Waals surface area contributed by atoms with E-state index in [2.05, 4.69) is 20.0 Å². The maximum atomic E-state index is 10.6. The van der Waals surface area contributed by atoms with Crippen LogP contribution in [0.1, 0.15) is 30.7 Å². The Morgan fingerprint density at radius 3 is 2.67 bits per heavy atom. The molecule has 1 atom stereocenters. The first-order chi connectivity index (χ1) is 13.1. The van der Waals surface area contributed by atoms with Gasteiger partial charge in [0.25, 0.3) is 0 Å².